The predicted molar refractivity (Wildman–Crippen MR) is 160 cm³/mol. The molecule has 2 heterocycles. The van der Waals surface area contributed by atoms with Gasteiger partial charge < -0.3 is 25.2 Å². The normalized spacial score (nSPS) is 16.4. The molecule has 47 heavy (non-hydrogen) atoms. The molecule has 2 aromatic carbocycles. The van der Waals surface area contributed by atoms with Gasteiger partial charge in [-0.15, -0.1) is 0 Å². The molecule has 0 spiro atoms. The number of fused-ring (bicyclic) bond motifs is 1. The molecule has 0 unspecified atom stereocenters. The number of benzene rings is 2. The van der Waals surface area contributed by atoms with Crippen LogP contribution in [0.1, 0.15) is 66.6 Å². The van der Waals surface area contributed by atoms with Crippen molar-refractivity contribution in [3.8, 4) is 5.75 Å². The van der Waals surface area contributed by atoms with E-state index in [1.807, 2.05) is 32.0 Å². The Labute approximate surface area is 266 Å². The topological polar surface area (TPSA) is 128 Å². The van der Waals surface area contributed by atoms with Gasteiger partial charge in [0.25, 0.3) is 0 Å². The van der Waals surface area contributed by atoms with Gasteiger partial charge in [-0.1, -0.05) is 6.92 Å². The number of carboxylic acid groups (broad SMARTS) is 2. The molecule has 3 N–H and O–H groups in total. The van der Waals surface area contributed by atoms with Crippen LogP contribution in [0.3, 0.4) is 0 Å². The van der Waals surface area contributed by atoms with E-state index in [1.54, 1.807) is 12.1 Å². The zero-order valence-electron chi connectivity index (χ0n) is 25.6. The maximum atomic E-state index is 13.6. The average Bonchev–Trinajstić information content (AvgIpc) is 2.98. The van der Waals surface area contributed by atoms with Gasteiger partial charge in [0.1, 0.15) is 0 Å². The fraction of sp³-hybridized carbons (Fsp3) is 0.419. The predicted octanol–water partition coefficient (Wildman–Crippen LogP) is 7.23. The number of carbonyl (C=O) groups is 2. The summed E-state index contributed by atoms with van der Waals surface area (Å²) in [4.78, 5) is 35.0. The first-order valence-corrected chi connectivity index (χ1v) is 14.6. The lowest BCUT2D eigenvalue weighted by atomic mass is 9.89. The van der Waals surface area contributed by atoms with E-state index in [-0.39, 0.29) is 48.5 Å². The number of anilines is 3. The minimum atomic E-state index is -5.05. The summed E-state index contributed by atoms with van der Waals surface area (Å²) in [6.07, 6.45) is -9.90. The molecule has 2 atom stereocenters. The molecule has 1 aromatic heterocycles. The summed E-state index contributed by atoms with van der Waals surface area (Å²) in [6, 6.07) is 5.58. The number of hydrogen-bond acceptors (Lipinski definition) is 7. The van der Waals surface area contributed by atoms with Crippen molar-refractivity contribution in [2.75, 3.05) is 35.8 Å². The second-order valence-electron chi connectivity index (χ2n) is 11.2. The molecule has 0 saturated carbocycles. The molecule has 1 aliphatic heterocycles. The lowest BCUT2D eigenvalue weighted by molar-refractivity contribution is -0.143. The Morgan fingerprint density at radius 1 is 1.04 bits per heavy atom. The Balaban J connectivity index is 1.76. The summed E-state index contributed by atoms with van der Waals surface area (Å²) < 4.78 is 87.0. The summed E-state index contributed by atoms with van der Waals surface area (Å²) in [5.41, 5.74) is -1.49. The van der Waals surface area contributed by atoms with Gasteiger partial charge >= 0.3 is 24.4 Å². The molecule has 0 radical (unpaired) electrons. The van der Waals surface area contributed by atoms with Gasteiger partial charge in [0.2, 0.25) is 5.95 Å². The first-order chi connectivity index (χ1) is 22.0. The van der Waals surface area contributed by atoms with E-state index < -0.39 is 54.0 Å². The molecule has 1 aliphatic rings. The Morgan fingerprint density at radius 2 is 1.70 bits per heavy atom. The number of carboxylic acids is 1. The summed E-state index contributed by atoms with van der Waals surface area (Å²) in [5, 5.41) is 22.1. The van der Waals surface area contributed by atoms with Crippen LogP contribution in [-0.4, -0.2) is 59.0 Å². The molecule has 0 bridgehead atoms. The highest BCUT2D eigenvalue weighted by Gasteiger charge is 2.38. The SMILES string of the molecule is CC[C@@H]1C[C@H](Nc2ncc(OCCCC(=O)O)c(Cc3cc(C(F)(F)F)cc(C(F)(F)F)c3)n2)c2cc(N(C)C)ccc2N1C(=O)O. The van der Waals surface area contributed by atoms with E-state index in [1.165, 1.54) is 11.1 Å². The molecular formula is C31H33F6N5O5. The fourth-order valence-corrected chi connectivity index (χ4v) is 5.36. The van der Waals surface area contributed by atoms with Crippen LogP contribution < -0.4 is 19.9 Å². The highest BCUT2D eigenvalue weighted by atomic mass is 19.4. The van der Waals surface area contributed by atoms with Crippen LogP contribution in [0.5, 0.6) is 5.75 Å². The van der Waals surface area contributed by atoms with Crippen LogP contribution >= 0.6 is 0 Å². The lowest BCUT2D eigenvalue weighted by Gasteiger charge is -2.39. The van der Waals surface area contributed by atoms with Crippen LogP contribution in [0.15, 0.2) is 42.6 Å². The zero-order valence-corrected chi connectivity index (χ0v) is 25.6. The van der Waals surface area contributed by atoms with Gasteiger partial charge in [-0.05, 0) is 61.2 Å². The Kier molecular flexibility index (Phi) is 10.4. The summed E-state index contributed by atoms with van der Waals surface area (Å²) in [6.45, 7) is 1.71. The zero-order chi connectivity index (χ0) is 34.7. The van der Waals surface area contributed by atoms with Gasteiger partial charge in [0, 0.05) is 44.2 Å². The lowest BCUT2D eigenvalue weighted by Crippen LogP contribution is -2.45. The Morgan fingerprint density at radius 3 is 2.26 bits per heavy atom. The maximum Gasteiger partial charge on any atom is 0.416 e. The number of ether oxygens (including phenoxy) is 1. The van der Waals surface area contributed by atoms with Crippen molar-refractivity contribution >= 4 is 29.4 Å². The second-order valence-corrected chi connectivity index (χ2v) is 11.2. The van der Waals surface area contributed by atoms with Gasteiger partial charge in [-0.25, -0.2) is 14.8 Å². The van der Waals surface area contributed by atoms with Gasteiger partial charge in [0.05, 0.1) is 41.4 Å². The summed E-state index contributed by atoms with van der Waals surface area (Å²) in [5.74, 6) is -1.15. The van der Waals surface area contributed by atoms with E-state index in [9.17, 15) is 41.0 Å². The number of nitrogens with one attached hydrogen (secondary N) is 1. The van der Waals surface area contributed by atoms with Crippen molar-refractivity contribution < 1.29 is 50.9 Å². The highest BCUT2D eigenvalue weighted by Crippen LogP contribution is 2.42. The Hall–Kier alpha value is -4.76. The number of alkyl halides is 6. The first kappa shape index (κ1) is 35.1. The smallest absolute Gasteiger partial charge is 0.416 e. The standard InChI is InChI=1S/C31H33F6N5O5/c1-4-20-15-23(22-14-21(41(2)3)7-8-25(22)42(20)29(45)46)39-28-38-16-26(47-9-5-6-27(43)44)24(40-28)12-17-10-18(30(32,33)34)13-19(11-17)31(35,36)37/h7-8,10-11,13-14,16,20,23H,4-6,9,12,15H2,1-3H3,(H,43,44)(H,45,46)(H,38,39,40)/t20-,23+/m1/s1. The third kappa shape index (κ3) is 8.54. The molecule has 16 heteroatoms. The van der Waals surface area contributed by atoms with Crippen LogP contribution in [0, 0.1) is 0 Å². The quantitative estimate of drug-likeness (QED) is 0.143. The minimum Gasteiger partial charge on any atom is -0.490 e. The van der Waals surface area contributed by atoms with Gasteiger partial charge in [0.15, 0.2) is 5.75 Å². The molecule has 4 rings (SSSR count). The monoisotopic (exact) mass is 669 g/mol. The minimum absolute atomic E-state index is 0.0225. The van der Waals surface area contributed by atoms with Crippen molar-refractivity contribution in [1.82, 2.24) is 9.97 Å². The molecule has 254 valence electrons. The molecule has 0 fully saturated rings. The number of rotatable bonds is 11. The van der Waals surface area contributed by atoms with E-state index in [0.29, 0.717) is 36.2 Å². The van der Waals surface area contributed by atoms with Crippen molar-refractivity contribution in [1.29, 1.82) is 0 Å². The summed E-state index contributed by atoms with van der Waals surface area (Å²) >= 11 is 0. The molecule has 3 aromatic rings. The average molecular weight is 670 g/mol. The number of aromatic nitrogens is 2. The maximum absolute atomic E-state index is 13.6. The number of nitrogens with zero attached hydrogens (tertiary/aromatic N) is 4. The number of amides is 1. The highest BCUT2D eigenvalue weighted by molar-refractivity contribution is 5.89. The van der Waals surface area contributed by atoms with Crippen LogP contribution in [-0.2, 0) is 23.6 Å². The number of halogens is 6. The van der Waals surface area contributed by atoms with Crippen LogP contribution in [0.25, 0.3) is 0 Å². The number of hydrogen-bond donors (Lipinski definition) is 3. The molecule has 10 nitrogen and oxygen atoms in total. The van der Waals surface area contributed by atoms with Crippen molar-refractivity contribution in [3.63, 3.8) is 0 Å². The van der Waals surface area contributed by atoms with E-state index in [0.717, 1.165) is 5.69 Å². The molecular weight excluding hydrogens is 636 g/mol. The van der Waals surface area contributed by atoms with E-state index >= 15 is 0 Å². The van der Waals surface area contributed by atoms with E-state index in [2.05, 4.69) is 15.3 Å². The van der Waals surface area contributed by atoms with Gasteiger partial charge in [-0.2, -0.15) is 26.3 Å². The largest absolute Gasteiger partial charge is 0.490 e. The van der Waals surface area contributed by atoms with E-state index in [4.69, 9.17) is 9.84 Å². The third-order valence-corrected chi connectivity index (χ3v) is 7.66. The van der Waals surface area contributed by atoms with Crippen molar-refractivity contribution in [2.45, 2.75) is 63.5 Å². The van der Waals surface area contributed by atoms with Gasteiger partial charge in [-0.3, -0.25) is 9.69 Å². The fourth-order valence-electron chi connectivity index (χ4n) is 5.36. The number of aliphatic carboxylic acids is 1. The molecule has 0 aliphatic carbocycles. The van der Waals surface area contributed by atoms with Crippen LogP contribution in [0.2, 0.25) is 0 Å². The molecule has 1 amide bonds. The van der Waals surface area contributed by atoms with Crippen molar-refractivity contribution in [3.05, 3.63) is 70.5 Å². The third-order valence-electron chi connectivity index (χ3n) is 7.66. The second kappa shape index (κ2) is 13.9. The Bertz CT molecular complexity index is 1580. The van der Waals surface area contributed by atoms with Crippen LogP contribution in [0.4, 0.5) is 48.5 Å². The first-order valence-electron chi connectivity index (χ1n) is 14.6. The molecule has 0 saturated heterocycles. The summed E-state index contributed by atoms with van der Waals surface area (Å²) in [7, 11) is 3.64. The van der Waals surface area contributed by atoms with Crippen molar-refractivity contribution in [2.24, 2.45) is 0 Å².